The van der Waals surface area contributed by atoms with E-state index in [4.69, 9.17) is 0 Å². The van der Waals surface area contributed by atoms with Crippen LogP contribution in [0.1, 0.15) is 37.9 Å². The van der Waals surface area contributed by atoms with Crippen molar-refractivity contribution in [3.05, 3.63) is 35.1 Å². The van der Waals surface area contributed by atoms with Gasteiger partial charge in [-0.1, -0.05) is 19.8 Å². The van der Waals surface area contributed by atoms with E-state index in [0.717, 1.165) is 6.42 Å². The van der Waals surface area contributed by atoms with Crippen molar-refractivity contribution in [1.82, 2.24) is 0 Å². The van der Waals surface area contributed by atoms with Crippen molar-refractivity contribution in [2.45, 2.75) is 32.3 Å². The molecule has 0 spiro atoms. The van der Waals surface area contributed by atoms with Gasteiger partial charge in [-0.25, -0.2) is 13.2 Å². The minimum absolute atomic E-state index is 0.187. The van der Waals surface area contributed by atoms with E-state index in [0.29, 0.717) is 25.0 Å². The topological polar surface area (TPSA) is 46.5 Å². The molecule has 0 radical (unpaired) electrons. The summed E-state index contributed by atoms with van der Waals surface area (Å²) in [5.41, 5.74) is -0.187. The number of ether oxygens (including phenoxy) is 1. The number of benzene rings is 1. The first kappa shape index (κ1) is 16.5. The van der Waals surface area contributed by atoms with E-state index in [1.807, 2.05) is 6.92 Å². The Labute approximate surface area is 115 Å². The number of carbonyl (C=O) groups excluding carboxylic acids is 1. The molecule has 2 unspecified atom stereocenters. The Morgan fingerprint density at radius 1 is 1.30 bits per heavy atom. The Kier molecular flexibility index (Phi) is 6.01. The molecule has 0 saturated heterocycles. The predicted molar refractivity (Wildman–Crippen MR) is 66.3 cm³/mol. The number of carbonyl (C=O) groups is 1. The fourth-order valence-electron chi connectivity index (χ4n) is 1.96. The number of unbranched alkanes of at least 4 members (excludes halogenated alkanes) is 1. The van der Waals surface area contributed by atoms with Gasteiger partial charge in [-0.15, -0.1) is 0 Å². The van der Waals surface area contributed by atoms with Gasteiger partial charge in [0.15, 0.2) is 17.5 Å². The van der Waals surface area contributed by atoms with Crippen LogP contribution in [0.15, 0.2) is 12.1 Å². The lowest BCUT2D eigenvalue weighted by atomic mass is 9.91. The predicted octanol–water partition coefficient (Wildman–Crippen LogP) is 3.12. The Morgan fingerprint density at radius 2 is 1.85 bits per heavy atom. The van der Waals surface area contributed by atoms with Gasteiger partial charge in [0.1, 0.15) is 0 Å². The van der Waals surface area contributed by atoms with Crippen molar-refractivity contribution >= 4 is 5.97 Å². The van der Waals surface area contributed by atoms with Crippen LogP contribution in [-0.4, -0.2) is 18.2 Å². The minimum atomic E-state index is -1.61. The highest BCUT2D eigenvalue weighted by atomic mass is 19.2. The van der Waals surface area contributed by atoms with Crippen LogP contribution in [-0.2, 0) is 9.53 Å². The van der Waals surface area contributed by atoms with Crippen LogP contribution in [0.2, 0.25) is 0 Å². The smallest absolute Gasteiger partial charge is 0.311 e. The Morgan fingerprint density at radius 3 is 2.30 bits per heavy atom. The van der Waals surface area contributed by atoms with Crippen LogP contribution in [0, 0.1) is 23.4 Å². The average molecular weight is 290 g/mol. The van der Waals surface area contributed by atoms with Gasteiger partial charge in [0.25, 0.3) is 0 Å². The summed E-state index contributed by atoms with van der Waals surface area (Å²) in [6, 6.07) is 1.37. The molecule has 6 heteroatoms. The summed E-state index contributed by atoms with van der Waals surface area (Å²) in [6.07, 6.45) is 0.291. The first-order chi connectivity index (χ1) is 9.42. The van der Waals surface area contributed by atoms with Crippen LogP contribution in [0.3, 0.4) is 0 Å². The van der Waals surface area contributed by atoms with E-state index in [9.17, 15) is 23.1 Å². The normalized spacial score (nSPS) is 13.9. The monoisotopic (exact) mass is 290 g/mol. The lowest BCUT2D eigenvalue weighted by Crippen LogP contribution is -2.24. The molecule has 0 heterocycles. The van der Waals surface area contributed by atoms with Gasteiger partial charge < -0.3 is 9.84 Å². The number of rotatable bonds is 6. The van der Waals surface area contributed by atoms with Crippen molar-refractivity contribution in [1.29, 1.82) is 0 Å². The molecule has 1 N–H and O–H groups in total. The Balaban J connectivity index is 3.05. The zero-order chi connectivity index (χ0) is 15.3. The molecule has 0 aliphatic rings. The quantitative estimate of drug-likeness (QED) is 0.647. The van der Waals surface area contributed by atoms with Gasteiger partial charge in [-0.2, -0.15) is 0 Å². The first-order valence-corrected chi connectivity index (χ1v) is 6.32. The second-order valence-corrected chi connectivity index (χ2v) is 4.52. The molecule has 20 heavy (non-hydrogen) atoms. The van der Waals surface area contributed by atoms with Gasteiger partial charge >= 0.3 is 5.97 Å². The molecule has 0 fully saturated rings. The fourth-order valence-corrected chi connectivity index (χ4v) is 1.96. The van der Waals surface area contributed by atoms with Gasteiger partial charge in [0.2, 0.25) is 0 Å². The lowest BCUT2D eigenvalue weighted by molar-refractivity contribution is -0.150. The molecule has 0 aromatic heterocycles. The molecule has 0 aliphatic carbocycles. The highest BCUT2D eigenvalue weighted by molar-refractivity contribution is 5.73. The zero-order valence-electron chi connectivity index (χ0n) is 11.3. The number of esters is 1. The van der Waals surface area contributed by atoms with Gasteiger partial charge in [-0.3, -0.25) is 4.79 Å². The van der Waals surface area contributed by atoms with Gasteiger partial charge in [0, 0.05) is 0 Å². The number of hydrogen-bond acceptors (Lipinski definition) is 3. The molecule has 3 nitrogen and oxygen atoms in total. The number of halogens is 3. The molecule has 0 amide bonds. The second kappa shape index (κ2) is 7.28. The van der Waals surface area contributed by atoms with Crippen molar-refractivity contribution in [2.24, 2.45) is 5.92 Å². The summed E-state index contributed by atoms with van der Waals surface area (Å²) in [5, 5.41) is 10.1. The molecule has 0 aliphatic heterocycles. The van der Waals surface area contributed by atoms with E-state index in [1.54, 1.807) is 0 Å². The fraction of sp³-hybridized carbons (Fsp3) is 0.500. The summed E-state index contributed by atoms with van der Waals surface area (Å²) in [7, 11) is 1.17. The SMILES string of the molecule is CCCCC(C(=O)OC)C(O)c1cc(F)c(F)c(F)c1. The highest BCUT2D eigenvalue weighted by Gasteiger charge is 2.29. The van der Waals surface area contributed by atoms with Gasteiger partial charge in [0.05, 0.1) is 19.1 Å². The minimum Gasteiger partial charge on any atom is -0.469 e. The summed E-state index contributed by atoms with van der Waals surface area (Å²) in [5.74, 6) is -6.03. The van der Waals surface area contributed by atoms with Crippen LogP contribution < -0.4 is 0 Å². The van der Waals surface area contributed by atoms with E-state index in [2.05, 4.69) is 4.74 Å². The summed E-state index contributed by atoms with van der Waals surface area (Å²) < 4.78 is 43.8. The summed E-state index contributed by atoms with van der Waals surface area (Å²) in [4.78, 5) is 11.6. The van der Waals surface area contributed by atoms with E-state index in [-0.39, 0.29) is 5.56 Å². The average Bonchev–Trinajstić information content (AvgIpc) is 2.43. The molecule has 0 saturated carbocycles. The largest absolute Gasteiger partial charge is 0.469 e. The molecule has 1 aromatic rings. The number of aliphatic hydroxyl groups excluding tert-OH is 1. The van der Waals surface area contributed by atoms with E-state index >= 15 is 0 Å². The van der Waals surface area contributed by atoms with Crippen LogP contribution in [0.25, 0.3) is 0 Å². The standard InChI is InChI=1S/C14H17F3O3/c1-3-4-5-9(14(19)20-2)13(18)8-6-10(15)12(17)11(16)7-8/h6-7,9,13,18H,3-5H2,1-2H3. The van der Waals surface area contributed by atoms with Crippen molar-refractivity contribution < 1.29 is 27.8 Å². The van der Waals surface area contributed by atoms with Crippen molar-refractivity contribution in [3.8, 4) is 0 Å². The van der Waals surface area contributed by atoms with Crippen LogP contribution in [0.4, 0.5) is 13.2 Å². The molecular formula is C14H17F3O3. The summed E-state index contributed by atoms with van der Waals surface area (Å²) >= 11 is 0. The molecule has 1 aromatic carbocycles. The maximum absolute atomic E-state index is 13.2. The molecule has 2 atom stereocenters. The second-order valence-electron chi connectivity index (χ2n) is 4.52. The maximum Gasteiger partial charge on any atom is 0.311 e. The molecule has 0 bridgehead atoms. The Bertz CT molecular complexity index is 454. The summed E-state index contributed by atoms with van der Waals surface area (Å²) in [6.45, 7) is 1.90. The third kappa shape index (κ3) is 3.72. The molecular weight excluding hydrogens is 273 g/mol. The Hall–Kier alpha value is -1.56. The lowest BCUT2D eigenvalue weighted by Gasteiger charge is -2.21. The molecule has 1 rings (SSSR count). The number of hydrogen-bond donors (Lipinski definition) is 1. The maximum atomic E-state index is 13.2. The van der Waals surface area contributed by atoms with Gasteiger partial charge in [-0.05, 0) is 24.1 Å². The molecule has 112 valence electrons. The number of aliphatic hydroxyl groups is 1. The number of methoxy groups -OCH3 is 1. The van der Waals surface area contributed by atoms with E-state index in [1.165, 1.54) is 7.11 Å². The van der Waals surface area contributed by atoms with Crippen molar-refractivity contribution in [2.75, 3.05) is 7.11 Å². The first-order valence-electron chi connectivity index (χ1n) is 6.32. The zero-order valence-corrected chi connectivity index (χ0v) is 11.3. The van der Waals surface area contributed by atoms with Crippen LogP contribution in [0.5, 0.6) is 0 Å². The van der Waals surface area contributed by atoms with E-state index < -0.39 is 35.4 Å². The third-order valence-corrected chi connectivity index (χ3v) is 3.10. The highest BCUT2D eigenvalue weighted by Crippen LogP contribution is 2.29. The van der Waals surface area contributed by atoms with Crippen molar-refractivity contribution in [3.63, 3.8) is 0 Å². The third-order valence-electron chi connectivity index (χ3n) is 3.10. The van der Waals surface area contributed by atoms with Crippen LogP contribution >= 0.6 is 0 Å².